The van der Waals surface area contributed by atoms with Crippen molar-refractivity contribution >= 4 is 27.7 Å². The number of aromatic nitrogens is 1. The second-order valence-corrected chi connectivity index (χ2v) is 12.7. The number of rotatable bonds is 16. The van der Waals surface area contributed by atoms with Gasteiger partial charge in [-0.15, -0.1) is 0 Å². The highest BCUT2D eigenvalue weighted by atomic mass is 32.2. The van der Waals surface area contributed by atoms with E-state index in [4.69, 9.17) is 11.1 Å². The molecule has 12 heteroatoms. The molecule has 0 spiro atoms. The molecular formula is C34H38N6O5S. The Labute approximate surface area is 268 Å². The monoisotopic (exact) mass is 642 g/mol. The van der Waals surface area contributed by atoms with E-state index in [2.05, 4.69) is 20.3 Å². The van der Waals surface area contributed by atoms with E-state index in [0.29, 0.717) is 24.0 Å². The van der Waals surface area contributed by atoms with Gasteiger partial charge in [0, 0.05) is 24.5 Å². The molecule has 0 unspecified atom stereocenters. The number of hydrogen-bond donors (Lipinski definition) is 6. The van der Waals surface area contributed by atoms with Gasteiger partial charge in [-0.3, -0.25) is 20.0 Å². The summed E-state index contributed by atoms with van der Waals surface area (Å²) in [5, 5.41) is 22.9. The first kappa shape index (κ1) is 33.8. The Bertz CT molecular complexity index is 1700. The van der Waals surface area contributed by atoms with Gasteiger partial charge in [-0.25, -0.2) is 13.1 Å². The fourth-order valence-electron chi connectivity index (χ4n) is 4.79. The Morgan fingerprint density at radius 2 is 1.35 bits per heavy atom. The van der Waals surface area contributed by atoms with Crippen LogP contribution in [0.25, 0.3) is 0 Å². The van der Waals surface area contributed by atoms with Crippen LogP contribution >= 0.6 is 0 Å². The molecule has 46 heavy (non-hydrogen) atoms. The number of phenols is 1. The fourth-order valence-corrected chi connectivity index (χ4v) is 6.16. The molecule has 0 radical (unpaired) electrons. The van der Waals surface area contributed by atoms with Gasteiger partial charge in [0.15, 0.2) is 0 Å². The number of sulfonamides is 1. The van der Waals surface area contributed by atoms with Crippen molar-refractivity contribution in [2.24, 2.45) is 5.73 Å². The van der Waals surface area contributed by atoms with Gasteiger partial charge in [0.1, 0.15) is 23.7 Å². The van der Waals surface area contributed by atoms with E-state index in [9.17, 15) is 23.1 Å². The number of hydrogen-bond acceptors (Lipinski definition) is 7. The Kier molecular flexibility index (Phi) is 12.0. The van der Waals surface area contributed by atoms with Crippen LogP contribution in [0.15, 0.2) is 103 Å². The molecule has 0 aliphatic carbocycles. The fraction of sp³-hybridized carbons (Fsp3) is 0.235. The lowest BCUT2D eigenvalue weighted by atomic mass is 10.0. The lowest BCUT2D eigenvalue weighted by molar-refractivity contribution is -0.130. The predicted molar refractivity (Wildman–Crippen MR) is 176 cm³/mol. The molecule has 0 bridgehead atoms. The van der Waals surface area contributed by atoms with Crippen LogP contribution in [0.2, 0.25) is 0 Å². The van der Waals surface area contributed by atoms with Crippen LogP contribution in [0.4, 0.5) is 0 Å². The molecule has 0 aliphatic heterocycles. The summed E-state index contributed by atoms with van der Waals surface area (Å²) in [6.45, 7) is 0.173. The van der Waals surface area contributed by atoms with Crippen LogP contribution in [0.5, 0.6) is 5.75 Å². The Balaban J connectivity index is 1.51. The molecule has 240 valence electrons. The summed E-state index contributed by atoms with van der Waals surface area (Å²) in [7, 11) is -3.94. The maximum atomic E-state index is 13.8. The van der Waals surface area contributed by atoms with Gasteiger partial charge in [-0.05, 0) is 72.2 Å². The molecule has 0 fully saturated rings. The van der Waals surface area contributed by atoms with Gasteiger partial charge >= 0.3 is 0 Å². The number of nitrogen functional groups attached to an aromatic ring is 1. The number of carbonyl (C=O) groups excluding carboxylic acids is 2. The topological polar surface area (TPSA) is 187 Å². The summed E-state index contributed by atoms with van der Waals surface area (Å²) >= 11 is 0. The van der Waals surface area contributed by atoms with Gasteiger partial charge in [0.2, 0.25) is 21.8 Å². The molecule has 0 aliphatic rings. The van der Waals surface area contributed by atoms with Gasteiger partial charge in [-0.2, -0.15) is 0 Å². The Morgan fingerprint density at radius 1 is 0.761 bits per heavy atom. The molecular weight excluding hydrogens is 604 g/mol. The van der Waals surface area contributed by atoms with Crippen molar-refractivity contribution in [3.05, 3.63) is 131 Å². The van der Waals surface area contributed by atoms with E-state index in [1.807, 2.05) is 12.1 Å². The van der Waals surface area contributed by atoms with Crippen LogP contribution in [-0.4, -0.2) is 48.2 Å². The van der Waals surface area contributed by atoms with E-state index in [1.165, 1.54) is 12.1 Å². The van der Waals surface area contributed by atoms with Crippen molar-refractivity contribution in [1.82, 2.24) is 20.3 Å². The number of carbonyl (C=O) groups is 2. The van der Waals surface area contributed by atoms with E-state index in [1.54, 1.807) is 79.1 Å². The maximum absolute atomic E-state index is 13.8. The average molecular weight is 643 g/mol. The third-order valence-corrected chi connectivity index (χ3v) is 8.69. The molecule has 7 N–H and O–H groups in total. The Morgan fingerprint density at radius 3 is 1.98 bits per heavy atom. The summed E-state index contributed by atoms with van der Waals surface area (Å²) in [5.74, 6) is -1.34. The highest BCUT2D eigenvalue weighted by Gasteiger charge is 2.29. The van der Waals surface area contributed by atoms with Crippen molar-refractivity contribution in [3.63, 3.8) is 0 Å². The number of aryl methyl sites for hydroxylation is 2. The maximum Gasteiger partial charge on any atom is 0.242 e. The normalized spacial score (nSPS) is 12.5. The van der Waals surface area contributed by atoms with E-state index >= 15 is 0 Å². The smallest absolute Gasteiger partial charge is 0.242 e. The second-order valence-electron chi connectivity index (χ2n) is 10.9. The number of amidine groups is 1. The molecule has 0 saturated heterocycles. The first-order valence-corrected chi connectivity index (χ1v) is 16.5. The van der Waals surface area contributed by atoms with Crippen molar-refractivity contribution in [2.45, 2.75) is 50.1 Å². The molecule has 1 aromatic heterocycles. The minimum atomic E-state index is -3.94. The molecule has 1 heterocycles. The molecule has 3 aromatic carbocycles. The quantitative estimate of drug-likeness (QED) is 0.0801. The molecule has 4 aromatic rings. The summed E-state index contributed by atoms with van der Waals surface area (Å²) in [6, 6.07) is 23.5. The number of pyridine rings is 1. The van der Waals surface area contributed by atoms with Gasteiger partial charge in [0.05, 0.1) is 5.75 Å². The lowest BCUT2D eigenvalue weighted by Gasteiger charge is -2.23. The molecule has 0 saturated carbocycles. The van der Waals surface area contributed by atoms with Crippen molar-refractivity contribution in [3.8, 4) is 5.75 Å². The first-order valence-electron chi connectivity index (χ1n) is 14.8. The zero-order chi connectivity index (χ0) is 32.9. The SMILES string of the molecule is N=C(N)c1ccc(CNC(=O)[C@H](CCc2ccncc2)NC(=O)[C@@H](CCc2ccc(O)cc2)NS(=O)(=O)Cc2ccccc2)cc1. The predicted octanol–water partition coefficient (Wildman–Crippen LogP) is 2.93. The van der Waals surface area contributed by atoms with Crippen molar-refractivity contribution in [2.75, 3.05) is 0 Å². The van der Waals surface area contributed by atoms with Crippen LogP contribution in [0.1, 0.15) is 40.7 Å². The van der Waals surface area contributed by atoms with Gasteiger partial charge in [-0.1, -0.05) is 66.7 Å². The van der Waals surface area contributed by atoms with Crippen LogP contribution in [-0.2, 0) is 44.8 Å². The number of phenolic OH excluding ortho intramolecular Hbond substituents is 1. The zero-order valence-electron chi connectivity index (χ0n) is 25.2. The van der Waals surface area contributed by atoms with E-state index < -0.39 is 33.9 Å². The minimum Gasteiger partial charge on any atom is -0.508 e. The van der Waals surface area contributed by atoms with Crippen LogP contribution in [0.3, 0.4) is 0 Å². The van der Waals surface area contributed by atoms with Gasteiger partial charge in [0.25, 0.3) is 0 Å². The molecule has 11 nitrogen and oxygen atoms in total. The summed E-state index contributed by atoms with van der Waals surface area (Å²) in [6.07, 6.45) is 4.48. The van der Waals surface area contributed by atoms with Crippen LogP contribution in [0, 0.1) is 5.41 Å². The summed E-state index contributed by atoms with van der Waals surface area (Å²) < 4.78 is 28.9. The van der Waals surface area contributed by atoms with E-state index in [-0.39, 0.29) is 36.7 Å². The van der Waals surface area contributed by atoms with Crippen molar-refractivity contribution < 1.29 is 23.1 Å². The number of amides is 2. The number of aromatic hydroxyl groups is 1. The minimum absolute atomic E-state index is 0.0613. The highest BCUT2D eigenvalue weighted by molar-refractivity contribution is 7.88. The van der Waals surface area contributed by atoms with E-state index in [0.717, 1.165) is 16.7 Å². The number of nitrogens with two attached hydrogens (primary N) is 1. The average Bonchev–Trinajstić information content (AvgIpc) is 3.05. The zero-order valence-corrected chi connectivity index (χ0v) is 26.0. The standard InChI is InChI=1S/C34H38N6O5S/c35-32(36)28-12-6-26(7-13-28)22-38-33(42)30(16-10-25-18-20-37-21-19-25)39-34(43)31(17-11-24-8-14-29(41)15-9-24)40-46(44,45)23-27-4-2-1-3-5-27/h1-9,12-15,18-21,30-31,40-41H,10-11,16-17,22-23H2,(H3,35,36)(H,38,42)(H,39,43)/t30-,31+/m0/s1. The summed E-state index contributed by atoms with van der Waals surface area (Å²) in [5.41, 5.74) is 9.17. The number of nitrogens with one attached hydrogen (secondary N) is 4. The molecule has 4 rings (SSSR count). The summed E-state index contributed by atoms with van der Waals surface area (Å²) in [4.78, 5) is 31.2. The van der Waals surface area contributed by atoms with Crippen molar-refractivity contribution in [1.29, 1.82) is 5.41 Å². The number of benzene rings is 3. The third-order valence-electron chi connectivity index (χ3n) is 7.33. The Hall–Kier alpha value is -5.07. The third kappa shape index (κ3) is 10.8. The van der Waals surface area contributed by atoms with Gasteiger partial charge < -0.3 is 21.5 Å². The second kappa shape index (κ2) is 16.3. The molecule has 2 amide bonds. The highest BCUT2D eigenvalue weighted by Crippen LogP contribution is 2.14. The first-order chi connectivity index (χ1) is 22.1. The lowest BCUT2D eigenvalue weighted by Crippen LogP contribution is -2.54. The largest absolute Gasteiger partial charge is 0.508 e. The molecule has 2 atom stereocenters. The number of nitrogens with zero attached hydrogens (tertiary/aromatic N) is 1. The van der Waals surface area contributed by atoms with Crippen LogP contribution < -0.4 is 21.1 Å².